The van der Waals surface area contributed by atoms with Gasteiger partial charge < -0.3 is 0 Å². The first-order valence-corrected chi connectivity index (χ1v) is 2.50. The van der Waals surface area contributed by atoms with Gasteiger partial charge in [-0.15, -0.1) is 6.58 Å². The highest BCUT2D eigenvalue weighted by atomic mass is 16.1. The summed E-state index contributed by atoms with van der Waals surface area (Å²) in [6, 6.07) is 0. The van der Waals surface area contributed by atoms with Crippen LogP contribution < -0.4 is 0 Å². The number of amides is 1. The van der Waals surface area contributed by atoms with Gasteiger partial charge in [-0.3, -0.25) is 4.79 Å². The van der Waals surface area contributed by atoms with Crippen LogP contribution in [0.1, 0.15) is 12.8 Å². The smallest absolute Gasteiger partial charge is 0.219 e. The first-order chi connectivity index (χ1) is 4.31. The molecule has 0 unspecified atom stereocenters. The molecule has 0 heterocycles. The maximum Gasteiger partial charge on any atom is 0.219 e. The van der Waals surface area contributed by atoms with Crippen molar-refractivity contribution in [3.63, 3.8) is 0 Å². The van der Waals surface area contributed by atoms with Gasteiger partial charge in [0, 0.05) is 11.3 Å². The highest BCUT2D eigenvalue weighted by Crippen LogP contribution is 1.91. The molecule has 1 amide bonds. The molecule has 0 aliphatic heterocycles. The van der Waals surface area contributed by atoms with Gasteiger partial charge in [-0.25, -0.2) is 0 Å². The Morgan fingerprint density at radius 3 is 3.00 bits per heavy atom. The van der Waals surface area contributed by atoms with E-state index in [-0.39, 0.29) is 6.42 Å². The number of azide groups is 1. The molecule has 0 N–H and O–H groups in total. The lowest BCUT2D eigenvalue weighted by atomic mass is 10.3. The highest BCUT2D eigenvalue weighted by molar-refractivity contribution is 5.76. The molecule has 0 fully saturated rings. The average molecular weight is 125 g/mol. The molecule has 0 bridgehead atoms. The van der Waals surface area contributed by atoms with Crippen molar-refractivity contribution in [2.75, 3.05) is 0 Å². The van der Waals surface area contributed by atoms with Gasteiger partial charge in [0.05, 0.1) is 0 Å². The number of carbonyl (C=O) groups is 1. The molecule has 0 spiro atoms. The van der Waals surface area contributed by atoms with Crippen LogP contribution in [0.3, 0.4) is 0 Å². The van der Waals surface area contributed by atoms with Crippen molar-refractivity contribution in [2.45, 2.75) is 12.8 Å². The Labute approximate surface area is 52.8 Å². The summed E-state index contributed by atoms with van der Waals surface area (Å²) in [6.45, 7) is 3.41. The zero-order chi connectivity index (χ0) is 7.11. The van der Waals surface area contributed by atoms with Crippen LogP contribution in [-0.2, 0) is 4.79 Å². The van der Waals surface area contributed by atoms with Crippen molar-refractivity contribution >= 4 is 5.91 Å². The van der Waals surface area contributed by atoms with Gasteiger partial charge in [0.25, 0.3) is 0 Å². The minimum Gasteiger partial charge on any atom is -0.293 e. The maximum atomic E-state index is 10.3. The van der Waals surface area contributed by atoms with Crippen LogP contribution in [0.5, 0.6) is 0 Å². The van der Waals surface area contributed by atoms with Crippen LogP contribution in [0.4, 0.5) is 0 Å². The quantitative estimate of drug-likeness (QED) is 0.245. The molecule has 0 saturated heterocycles. The van der Waals surface area contributed by atoms with Crippen molar-refractivity contribution < 1.29 is 4.79 Å². The predicted octanol–water partition coefficient (Wildman–Crippen LogP) is 1.79. The molecule has 0 aliphatic carbocycles. The Kier molecular flexibility index (Phi) is 4.18. The van der Waals surface area contributed by atoms with Gasteiger partial charge in [-0.1, -0.05) is 6.08 Å². The Morgan fingerprint density at radius 2 is 2.56 bits per heavy atom. The number of allylic oxidation sites excluding steroid dienone is 1. The van der Waals surface area contributed by atoms with Crippen molar-refractivity contribution in [2.24, 2.45) is 5.11 Å². The minimum absolute atomic E-state index is 0.258. The van der Waals surface area contributed by atoms with Gasteiger partial charge in [0.2, 0.25) is 5.91 Å². The van der Waals surface area contributed by atoms with Crippen LogP contribution in [-0.4, -0.2) is 5.91 Å². The van der Waals surface area contributed by atoms with E-state index in [0.717, 1.165) is 0 Å². The SMILES string of the molecule is C=CCCC(=O)N=[N+]=[N-]. The van der Waals surface area contributed by atoms with E-state index in [1.165, 1.54) is 0 Å². The molecular weight excluding hydrogens is 118 g/mol. The second-order valence-corrected chi connectivity index (χ2v) is 1.41. The third kappa shape index (κ3) is 4.58. The number of nitrogens with zero attached hydrogens (tertiary/aromatic N) is 3. The van der Waals surface area contributed by atoms with Crippen LogP contribution in [0, 0.1) is 0 Å². The summed E-state index contributed by atoms with van der Waals surface area (Å²) in [5, 5.41) is 2.86. The largest absolute Gasteiger partial charge is 0.293 e. The van der Waals surface area contributed by atoms with Crippen molar-refractivity contribution in [3.8, 4) is 0 Å². The van der Waals surface area contributed by atoms with E-state index in [9.17, 15) is 4.79 Å². The van der Waals surface area contributed by atoms with Crippen LogP contribution in [0.2, 0.25) is 0 Å². The van der Waals surface area contributed by atoms with Crippen LogP contribution in [0.15, 0.2) is 17.8 Å². The Hall–Kier alpha value is -1.28. The Morgan fingerprint density at radius 1 is 1.89 bits per heavy atom. The third-order valence-corrected chi connectivity index (χ3v) is 0.719. The first kappa shape index (κ1) is 7.72. The fourth-order valence-electron chi connectivity index (χ4n) is 0.325. The zero-order valence-electron chi connectivity index (χ0n) is 4.95. The molecule has 0 aromatic carbocycles. The van der Waals surface area contributed by atoms with Crippen LogP contribution >= 0.6 is 0 Å². The molecule has 0 atom stereocenters. The summed E-state index contributed by atoms with van der Waals surface area (Å²) in [7, 11) is 0. The summed E-state index contributed by atoms with van der Waals surface area (Å²) >= 11 is 0. The van der Waals surface area contributed by atoms with Crippen molar-refractivity contribution in [1.82, 2.24) is 0 Å². The summed E-state index contributed by atoms with van der Waals surface area (Å²) < 4.78 is 0. The number of rotatable bonds is 3. The monoisotopic (exact) mass is 125 g/mol. The average Bonchev–Trinajstić information content (AvgIpc) is 1.85. The molecule has 0 radical (unpaired) electrons. The molecule has 0 rings (SSSR count). The van der Waals surface area contributed by atoms with E-state index >= 15 is 0 Å². The predicted molar refractivity (Wildman–Crippen MR) is 33.6 cm³/mol. The van der Waals surface area contributed by atoms with E-state index in [1.807, 2.05) is 0 Å². The van der Waals surface area contributed by atoms with E-state index in [2.05, 4.69) is 16.6 Å². The molecule has 0 aliphatic rings. The van der Waals surface area contributed by atoms with Crippen molar-refractivity contribution in [1.29, 1.82) is 0 Å². The molecule has 0 saturated carbocycles. The summed E-state index contributed by atoms with van der Waals surface area (Å²) in [6.07, 6.45) is 2.43. The van der Waals surface area contributed by atoms with Gasteiger partial charge in [-0.05, 0) is 17.1 Å². The molecule has 9 heavy (non-hydrogen) atoms. The van der Waals surface area contributed by atoms with Gasteiger partial charge in [0.1, 0.15) is 0 Å². The van der Waals surface area contributed by atoms with E-state index < -0.39 is 5.91 Å². The van der Waals surface area contributed by atoms with E-state index in [4.69, 9.17) is 5.53 Å². The Balaban J connectivity index is 3.50. The number of hydrogen-bond acceptors (Lipinski definition) is 1. The highest BCUT2D eigenvalue weighted by Gasteiger charge is 1.92. The second kappa shape index (κ2) is 4.87. The lowest BCUT2D eigenvalue weighted by Crippen LogP contribution is -1.87. The van der Waals surface area contributed by atoms with Gasteiger partial charge >= 0.3 is 0 Å². The number of hydrogen-bond donors (Lipinski definition) is 0. The molecule has 4 nitrogen and oxygen atoms in total. The van der Waals surface area contributed by atoms with Crippen LogP contribution in [0.25, 0.3) is 10.4 Å². The molecule has 0 aromatic rings. The standard InChI is InChI=1S/C5H7N3O/c1-2-3-4-5(9)7-8-6/h2H,1,3-4H2. The van der Waals surface area contributed by atoms with Crippen molar-refractivity contribution in [3.05, 3.63) is 23.1 Å². The summed E-state index contributed by atoms with van der Waals surface area (Å²) in [5.41, 5.74) is 7.75. The normalized spacial score (nSPS) is 7.56. The first-order valence-electron chi connectivity index (χ1n) is 2.50. The lowest BCUT2D eigenvalue weighted by molar-refractivity contribution is -0.117. The topological polar surface area (TPSA) is 65.8 Å². The molecule has 4 heteroatoms. The molecule has 48 valence electrons. The van der Waals surface area contributed by atoms with Gasteiger partial charge in [-0.2, -0.15) is 0 Å². The minimum atomic E-state index is -0.433. The Bertz CT molecular complexity index is 158. The molecular formula is C5H7N3O. The van der Waals surface area contributed by atoms with E-state index in [0.29, 0.717) is 6.42 Å². The fourth-order valence-corrected chi connectivity index (χ4v) is 0.325. The summed E-state index contributed by atoms with van der Waals surface area (Å²) in [4.78, 5) is 12.7. The third-order valence-electron chi connectivity index (χ3n) is 0.719. The maximum absolute atomic E-state index is 10.3. The van der Waals surface area contributed by atoms with Gasteiger partial charge in [0.15, 0.2) is 0 Å². The zero-order valence-corrected chi connectivity index (χ0v) is 4.95. The lowest BCUT2D eigenvalue weighted by Gasteiger charge is -1.83. The summed E-state index contributed by atoms with van der Waals surface area (Å²) in [5.74, 6) is -0.433. The van der Waals surface area contributed by atoms with E-state index in [1.54, 1.807) is 6.08 Å². The molecule has 0 aromatic heterocycles. The number of carbonyl (C=O) groups excluding carboxylic acids is 1. The fraction of sp³-hybridized carbons (Fsp3) is 0.400. The second-order valence-electron chi connectivity index (χ2n) is 1.41.